The first-order valence-electron chi connectivity index (χ1n) is 7.61. The second-order valence-corrected chi connectivity index (χ2v) is 21.9. The van der Waals surface area contributed by atoms with Gasteiger partial charge >= 0.3 is 158 Å². The predicted molar refractivity (Wildman–Crippen MR) is 110 cm³/mol. The molecule has 3 aromatic rings. The maximum absolute atomic E-state index is 4.01. The standard InChI is InChI=1S/C20H18Br2Ge/c1-20(21,22)23(17-11-5-2-6-12-17,18-13-7-3-8-14-18)19-15-9-4-10-16-19/h2-16H,1H3. The summed E-state index contributed by atoms with van der Waals surface area (Å²) in [6, 6.07) is 32.8. The Hall–Kier alpha value is -0.837. The summed E-state index contributed by atoms with van der Waals surface area (Å²) in [7, 11) is 0. The topological polar surface area (TPSA) is 0 Å². The number of alkyl halides is 2. The van der Waals surface area contributed by atoms with Gasteiger partial charge in [0.1, 0.15) is 0 Å². The van der Waals surface area contributed by atoms with E-state index in [0.717, 1.165) is 0 Å². The molecule has 0 aliphatic carbocycles. The van der Waals surface area contributed by atoms with Gasteiger partial charge in [0.15, 0.2) is 0 Å². The number of rotatable bonds is 4. The van der Waals surface area contributed by atoms with Gasteiger partial charge in [-0.15, -0.1) is 0 Å². The van der Waals surface area contributed by atoms with Crippen molar-refractivity contribution in [3.63, 3.8) is 0 Å². The summed E-state index contributed by atoms with van der Waals surface area (Å²) in [6.07, 6.45) is 0. The molecule has 3 rings (SSSR count). The normalized spacial score (nSPS) is 12.1. The Bertz CT molecular complexity index is 653. The van der Waals surface area contributed by atoms with E-state index in [1.165, 1.54) is 13.2 Å². The fourth-order valence-electron chi connectivity index (χ4n) is 3.32. The average Bonchev–Trinajstić information content (AvgIpc) is 2.57. The van der Waals surface area contributed by atoms with Gasteiger partial charge in [-0.2, -0.15) is 0 Å². The van der Waals surface area contributed by atoms with Crippen LogP contribution in [0.2, 0.25) is 0 Å². The Balaban J connectivity index is 2.41. The molecule has 0 nitrogen and oxygen atoms in total. The van der Waals surface area contributed by atoms with Gasteiger partial charge in [0, 0.05) is 0 Å². The molecule has 0 spiro atoms. The molecule has 3 heteroatoms. The van der Waals surface area contributed by atoms with Crippen molar-refractivity contribution in [3.8, 4) is 0 Å². The minimum atomic E-state index is -2.97. The Morgan fingerprint density at radius 1 is 0.565 bits per heavy atom. The van der Waals surface area contributed by atoms with E-state index < -0.39 is 13.3 Å². The van der Waals surface area contributed by atoms with Gasteiger partial charge < -0.3 is 0 Å². The van der Waals surface area contributed by atoms with Crippen LogP contribution in [0, 0.1) is 0 Å². The molecule has 0 aromatic heterocycles. The third-order valence-corrected chi connectivity index (χ3v) is 20.8. The zero-order valence-electron chi connectivity index (χ0n) is 12.9. The number of halogens is 2. The molecule has 0 saturated carbocycles. The third kappa shape index (κ3) is 3.09. The van der Waals surface area contributed by atoms with Gasteiger partial charge in [0.2, 0.25) is 0 Å². The van der Waals surface area contributed by atoms with Gasteiger partial charge in [0.05, 0.1) is 0 Å². The molecule has 0 bridgehead atoms. The van der Waals surface area contributed by atoms with Crippen molar-refractivity contribution in [2.24, 2.45) is 0 Å². The van der Waals surface area contributed by atoms with E-state index in [9.17, 15) is 0 Å². The van der Waals surface area contributed by atoms with Crippen molar-refractivity contribution in [2.45, 2.75) is 8.99 Å². The van der Waals surface area contributed by atoms with E-state index in [-0.39, 0.29) is 2.07 Å². The van der Waals surface area contributed by atoms with Crippen molar-refractivity contribution < 1.29 is 0 Å². The zero-order chi connectivity index (χ0) is 16.3. The minimum absolute atomic E-state index is 0.163. The van der Waals surface area contributed by atoms with Crippen molar-refractivity contribution in [1.82, 2.24) is 0 Å². The molecule has 0 heterocycles. The van der Waals surface area contributed by atoms with Gasteiger partial charge in [-0.05, 0) is 0 Å². The summed E-state index contributed by atoms with van der Waals surface area (Å²) in [5.74, 6) is 0. The van der Waals surface area contributed by atoms with E-state index in [4.69, 9.17) is 0 Å². The first-order valence-corrected chi connectivity index (χ1v) is 13.4. The van der Waals surface area contributed by atoms with Crippen LogP contribution in [-0.2, 0) is 0 Å². The van der Waals surface area contributed by atoms with Gasteiger partial charge in [-0.1, -0.05) is 0 Å². The predicted octanol–water partition coefficient (Wildman–Crippen LogP) is 4.20. The van der Waals surface area contributed by atoms with Crippen molar-refractivity contribution >= 4 is 58.3 Å². The summed E-state index contributed by atoms with van der Waals surface area (Å²) < 4.78 is 4.13. The van der Waals surface area contributed by atoms with Crippen molar-refractivity contribution in [2.75, 3.05) is 0 Å². The monoisotopic (exact) mass is 490 g/mol. The maximum atomic E-state index is 4.01. The van der Waals surface area contributed by atoms with Gasteiger partial charge in [-0.3, -0.25) is 0 Å². The van der Waals surface area contributed by atoms with Crippen LogP contribution in [0.1, 0.15) is 6.92 Å². The summed E-state index contributed by atoms with van der Waals surface area (Å²) in [5.41, 5.74) is 0. The zero-order valence-corrected chi connectivity index (χ0v) is 18.2. The summed E-state index contributed by atoms with van der Waals surface area (Å²) in [6.45, 7) is 2.25. The molecule has 0 fully saturated rings. The molecule has 23 heavy (non-hydrogen) atoms. The fraction of sp³-hybridized carbons (Fsp3) is 0.100. The molecule has 0 atom stereocenters. The summed E-state index contributed by atoms with van der Waals surface area (Å²) >= 11 is 5.05. The molecule has 0 aliphatic rings. The number of hydrogen-bond acceptors (Lipinski definition) is 0. The van der Waals surface area contributed by atoms with Gasteiger partial charge in [-0.25, -0.2) is 0 Å². The van der Waals surface area contributed by atoms with E-state index in [0.29, 0.717) is 0 Å². The van der Waals surface area contributed by atoms with Crippen LogP contribution in [0.15, 0.2) is 91.0 Å². The quantitative estimate of drug-likeness (QED) is 0.380. The van der Waals surface area contributed by atoms with Crippen LogP contribution in [0.3, 0.4) is 0 Å². The van der Waals surface area contributed by atoms with Gasteiger partial charge in [0.25, 0.3) is 0 Å². The average molecular weight is 491 g/mol. The second-order valence-electron chi connectivity index (χ2n) is 5.74. The number of benzene rings is 3. The van der Waals surface area contributed by atoms with Crippen LogP contribution >= 0.6 is 31.9 Å². The van der Waals surface area contributed by atoms with Crippen LogP contribution in [-0.4, -0.2) is 15.3 Å². The fourth-order valence-corrected chi connectivity index (χ4v) is 20.1. The first-order chi connectivity index (χ1) is 11.1. The van der Waals surface area contributed by atoms with Crippen LogP contribution in [0.25, 0.3) is 0 Å². The number of hydrogen-bond donors (Lipinski definition) is 0. The molecular formula is C20H18Br2Ge. The van der Waals surface area contributed by atoms with E-state index in [1.807, 2.05) is 0 Å². The summed E-state index contributed by atoms with van der Waals surface area (Å²) in [4.78, 5) is 0. The molecule has 116 valence electrons. The molecule has 0 N–H and O–H groups in total. The molecule has 0 radical (unpaired) electrons. The Morgan fingerprint density at radius 3 is 1.04 bits per heavy atom. The molecule has 0 unspecified atom stereocenters. The molecule has 0 saturated heterocycles. The Labute approximate surface area is 157 Å². The SMILES string of the molecule is C[C](Br)(Br)[Ge]([c]1ccccc1)([c]1ccccc1)[c]1ccccc1. The van der Waals surface area contributed by atoms with Crippen molar-refractivity contribution in [3.05, 3.63) is 91.0 Å². The Morgan fingerprint density at radius 2 is 0.826 bits per heavy atom. The Kier molecular flexibility index (Phi) is 5.14. The molecule has 0 aliphatic heterocycles. The van der Waals surface area contributed by atoms with Crippen LogP contribution in [0.4, 0.5) is 0 Å². The van der Waals surface area contributed by atoms with E-state index in [2.05, 4.69) is 130 Å². The van der Waals surface area contributed by atoms with E-state index in [1.54, 1.807) is 0 Å². The third-order valence-electron chi connectivity index (χ3n) is 4.28. The molecular weight excluding hydrogens is 473 g/mol. The molecule has 3 aromatic carbocycles. The first kappa shape index (κ1) is 17.0. The second kappa shape index (κ2) is 6.96. The van der Waals surface area contributed by atoms with Crippen molar-refractivity contribution in [1.29, 1.82) is 0 Å². The summed E-state index contributed by atoms with van der Waals surface area (Å²) in [5, 5.41) is 0. The van der Waals surface area contributed by atoms with E-state index >= 15 is 0 Å². The molecule has 0 amide bonds. The van der Waals surface area contributed by atoms with Crippen LogP contribution in [0.5, 0.6) is 0 Å². The van der Waals surface area contributed by atoms with Crippen LogP contribution < -0.4 is 13.2 Å².